The third-order valence-electron chi connectivity index (χ3n) is 3.61. The first-order valence-electron chi connectivity index (χ1n) is 6.97. The quantitative estimate of drug-likeness (QED) is 0.863. The minimum atomic E-state index is -0.930. The van der Waals surface area contributed by atoms with E-state index in [1.54, 1.807) is 13.2 Å². The van der Waals surface area contributed by atoms with Crippen LogP contribution in [0.1, 0.15) is 24.8 Å². The van der Waals surface area contributed by atoms with Crippen LogP contribution in [0.5, 0.6) is 5.75 Å². The maximum atomic E-state index is 12.2. The molecule has 0 spiro atoms. The average molecular weight is 289 g/mol. The standard InChI is InChI=1S/C16H19NO4/c1-21-13-8-5-12(6-9-13)7-10-15(18)17-11-3-2-4-14(17)16(19)20/h5-10,14H,2-4,11H2,1H3,(H,19,20)/t14-/m1/s1. The van der Waals surface area contributed by atoms with Gasteiger partial charge in [-0.1, -0.05) is 12.1 Å². The lowest BCUT2D eigenvalue weighted by atomic mass is 10.0. The first kappa shape index (κ1) is 15.1. The van der Waals surface area contributed by atoms with Gasteiger partial charge in [0.1, 0.15) is 11.8 Å². The van der Waals surface area contributed by atoms with Gasteiger partial charge in [0, 0.05) is 12.6 Å². The van der Waals surface area contributed by atoms with Gasteiger partial charge in [-0.2, -0.15) is 0 Å². The van der Waals surface area contributed by atoms with Gasteiger partial charge < -0.3 is 14.7 Å². The van der Waals surface area contributed by atoms with E-state index in [-0.39, 0.29) is 5.91 Å². The Bertz CT molecular complexity index is 536. The predicted molar refractivity (Wildman–Crippen MR) is 79.0 cm³/mol. The Morgan fingerprint density at radius 3 is 2.62 bits per heavy atom. The van der Waals surface area contributed by atoms with E-state index in [2.05, 4.69) is 0 Å². The van der Waals surface area contributed by atoms with Crippen molar-refractivity contribution in [2.45, 2.75) is 25.3 Å². The molecule has 1 aliphatic rings. The number of carbonyl (C=O) groups excluding carboxylic acids is 1. The van der Waals surface area contributed by atoms with Crippen LogP contribution < -0.4 is 4.74 Å². The van der Waals surface area contributed by atoms with E-state index in [1.165, 1.54) is 11.0 Å². The van der Waals surface area contributed by atoms with Crippen molar-refractivity contribution >= 4 is 18.0 Å². The van der Waals surface area contributed by atoms with Crippen LogP contribution in [0.3, 0.4) is 0 Å². The monoisotopic (exact) mass is 289 g/mol. The molecule has 21 heavy (non-hydrogen) atoms. The number of likely N-dealkylation sites (tertiary alicyclic amines) is 1. The number of hydrogen-bond donors (Lipinski definition) is 1. The summed E-state index contributed by atoms with van der Waals surface area (Å²) in [5, 5.41) is 9.17. The second kappa shape index (κ2) is 6.92. The molecule has 5 heteroatoms. The lowest BCUT2D eigenvalue weighted by molar-refractivity contribution is -0.150. The van der Waals surface area contributed by atoms with E-state index >= 15 is 0 Å². The first-order chi connectivity index (χ1) is 10.1. The van der Waals surface area contributed by atoms with Crippen LogP contribution in [0.2, 0.25) is 0 Å². The number of piperidine rings is 1. The lowest BCUT2D eigenvalue weighted by Crippen LogP contribution is -2.47. The van der Waals surface area contributed by atoms with Crippen LogP contribution >= 0.6 is 0 Å². The van der Waals surface area contributed by atoms with E-state index in [4.69, 9.17) is 9.84 Å². The number of nitrogens with zero attached hydrogens (tertiary/aromatic N) is 1. The fourth-order valence-electron chi connectivity index (χ4n) is 2.43. The summed E-state index contributed by atoms with van der Waals surface area (Å²) >= 11 is 0. The van der Waals surface area contributed by atoms with Gasteiger partial charge >= 0.3 is 5.97 Å². The number of ether oxygens (including phenoxy) is 1. The van der Waals surface area contributed by atoms with Gasteiger partial charge in [-0.25, -0.2) is 4.79 Å². The molecule has 5 nitrogen and oxygen atoms in total. The number of methoxy groups -OCH3 is 1. The highest BCUT2D eigenvalue weighted by atomic mass is 16.5. The number of hydrogen-bond acceptors (Lipinski definition) is 3. The van der Waals surface area contributed by atoms with Gasteiger partial charge in [0.2, 0.25) is 5.91 Å². The fourth-order valence-corrected chi connectivity index (χ4v) is 2.43. The second-order valence-corrected chi connectivity index (χ2v) is 4.99. The zero-order chi connectivity index (χ0) is 15.2. The summed E-state index contributed by atoms with van der Waals surface area (Å²) in [5.41, 5.74) is 0.869. The number of rotatable bonds is 4. The molecule has 0 aliphatic carbocycles. The smallest absolute Gasteiger partial charge is 0.326 e. The normalized spacial score (nSPS) is 18.7. The molecule has 112 valence electrons. The highest BCUT2D eigenvalue weighted by molar-refractivity contribution is 5.94. The molecule has 1 aliphatic heterocycles. The maximum absolute atomic E-state index is 12.2. The molecule has 0 unspecified atom stereocenters. The number of aliphatic carboxylic acids is 1. The highest BCUT2D eigenvalue weighted by Crippen LogP contribution is 2.18. The molecule has 0 bridgehead atoms. The predicted octanol–water partition coefficient (Wildman–Crippen LogP) is 2.17. The summed E-state index contributed by atoms with van der Waals surface area (Å²) in [6.45, 7) is 0.503. The van der Waals surface area contributed by atoms with Crippen LogP contribution in [0.15, 0.2) is 30.3 Å². The Morgan fingerprint density at radius 2 is 2.00 bits per heavy atom. The van der Waals surface area contributed by atoms with Crippen LogP contribution in [-0.2, 0) is 9.59 Å². The summed E-state index contributed by atoms with van der Waals surface area (Å²) in [5.74, 6) is -0.431. The third-order valence-corrected chi connectivity index (χ3v) is 3.61. The number of carboxylic acid groups (broad SMARTS) is 1. The van der Waals surface area contributed by atoms with E-state index in [9.17, 15) is 9.59 Å². The van der Waals surface area contributed by atoms with Gasteiger partial charge in [-0.3, -0.25) is 4.79 Å². The molecule has 0 saturated carbocycles. The molecule has 1 aromatic carbocycles. The molecule has 1 fully saturated rings. The highest BCUT2D eigenvalue weighted by Gasteiger charge is 2.30. The van der Waals surface area contributed by atoms with E-state index < -0.39 is 12.0 Å². The minimum Gasteiger partial charge on any atom is -0.497 e. The van der Waals surface area contributed by atoms with E-state index in [1.807, 2.05) is 24.3 Å². The average Bonchev–Trinajstić information content (AvgIpc) is 2.53. The number of benzene rings is 1. The Morgan fingerprint density at radius 1 is 1.29 bits per heavy atom. The van der Waals surface area contributed by atoms with Crippen LogP contribution in [0.25, 0.3) is 6.08 Å². The van der Waals surface area contributed by atoms with Crippen LogP contribution in [0.4, 0.5) is 0 Å². The number of carbonyl (C=O) groups is 2. The molecule has 1 saturated heterocycles. The summed E-state index contributed by atoms with van der Waals surface area (Å²) < 4.78 is 5.07. The molecule has 1 aromatic rings. The van der Waals surface area contributed by atoms with Gasteiger partial charge in [0.15, 0.2) is 0 Å². The van der Waals surface area contributed by atoms with Crippen molar-refractivity contribution in [3.63, 3.8) is 0 Å². The Labute approximate surface area is 123 Å². The van der Waals surface area contributed by atoms with Crippen molar-refractivity contribution in [1.29, 1.82) is 0 Å². The molecule has 2 rings (SSSR count). The Hall–Kier alpha value is -2.30. The molecule has 0 radical (unpaired) electrons. The first-order valence-corrected chi connectivity index (χ1v) is 6.97. The van der Waals surface area contributed by atoms with Crippen LogP contribution in [-0.4, -0.2) is 41.6 Å². The minimum absolute atomic E-state index is 0.252. The molecular formula is C16H19NO4. The molecule has 0 aromatic heterocycles. The van der Waals surface area contributed by atoms with Gasteiger partial charge in [0.05, 0.1) is 7.11 Å². The molecular weight excluding hydrogens is 270 g/mol. The van der Waals surface area contributed by atoms with E-state index in [0.29, 0.717) is 13.0 Å². The Kier molecular flexibility index (Phi) is 4.98. The lowest BCUT2D eigenvalue weighted by Gasteiger charge is -2.32. The van der Waals surface area contributed by atoms with Gasteiger partial charge in [-0.15, -0.1) is 0 Å². The van der Waals surface area contributed by atoms with Gasteiger partial charge in [0.25, 0.3) is 0 Å². The SMILES string of the molecule is COc1ccc(C=CC(=O)N2CCCC[C@@H]2C(=O)O)cc1. The zero-order valence-corrected chi connectivity index (χ0v) is 12.0. The summed E-state index contributed by atoms with van der Waals surface area (Å²) in [7, 11) is 1.59. The summed E-state index contributed by atoms with van der Waals surface area (Å²) in [4.78, 5) is 24.8. The summed E-state index contributed by atoms with van der Waals surface area (Å²) in [6.07, 6.45) is 5.35. The van der Waals surface area contributed by atoms with Crippen molar-refractivity contribution in [3.8, 4) is 5.75 Å². The molecule has 1 amide bonds. The van der Waals surface area contributed by atoms with Crippen molar-refractivity contribution in [2.24, 2.45) is 0 Å². The molecule has 1 heterocycles. The Balaban J connectivity index is 2.04. The fraction of sp³-hybridized carbons (Fsp3) is 0.375. The number of amides is 1. The second-order valence-electron chi connectivity index (χ2n) is 4.99. The van der Waals surface area contributed by atoms with E-state index in [0.717, 1.165) is 24.2 Å². The largest absolute Gasteiger partial charge is 0.497 e. The number of carboxylic acids is 1. The van der Waals surface area contributed by atoms with Crippen LogP contribution in [0, 0.1) is 0 Å². The zero-order valence-electron chi connectivity index (χ0n) is 12.0. The molecule has 1 N–H and O–H groups in total. The van der Waals surface area contributed by atoms with Gasteiger partial charge in [-0.05, 0) is 43.0 Å². The van der Waals surface area contributed by atoms with Crippen molar-refractivity contribution < 1.29 is 19.4 Å². The summed E-state index contributed by atoms with van der Waals surface area (Å²) in [6, 6.07) is 6.60. The van der Waals surface area contributed by atoms with Crippen molar-refractivity contribution in [2.75, 3.05) is 13.7 Å². The molecule has 1 atom stereocenters. The topological polar surface area (TPSA) is 66.8 Å². The third kappa shape index (κ3) is 3.84. The maximum Gasteiger partial charge on any atom is 0.326 e. The van der Waals surface area contributed by atoms with Crippen molar-refractivity contribution in [3.05, 3.63) is 35.9 Å². The van der Waals surface area contributed by atoms with Crippen molar-refractivity contribution in [1.82, 2.24) is 4.90 Å².